The van der Waals surface area contributed by atoms with Crippen LogP contribution >= 0.6 is 0 Å². The number of carbonyl (C=O) groups excluding carboxylic acids is 1. The van der Waals surface area contributed by atoms with E-state index in [4.69, 9.17) is 16.0 Å². The van der Waals surface area contributed by atoms with Crippen LogP contribution in [0.25, 0.3) is 0 Å². The van der Waals surface area contributed by atoms with Crippen LogP contribution in [0.5, 0.6) is 0 Å². The van der Waals surface area contributed by atoms with Gasteiger partial charge in [0.25, 0.3) is 5.69 Å². The van der Waals surface area contributed by atoms with Crippen LogP contribution in [0.15, 0.2) is 54.6 Å². The Morgan fingerprint density at radius 3 is 1.73 bits per heavy atom. The van der Waals surface area contributed by atoms with E-state index in [1.54, 1.807) is 24.3 Å². The summed E-state index contributed by atoms with van der Waals surface area (Å²) in [6.07, 6.45) is 0. The molecule has 0 aliphatic heterocycles. The van der Waals surface area contributed by atoms with E-state index in [1.807, 2.05) is 6.07 Å². The number of rotatable bonds is 3. The third kappa shape index (κ3) is 6.47. The maximum atomic E-state index is 12.0. The first kappa shape index (κ1) is 17.8. The number of non-ortho nitro benzene ring substituents is 1. The molecule has 0 amide bonds. The molecule has 2 aromatic rings. The van der Waals surface area contributed by atoms with Crippen LogP contribution in [0, 0.1) is 10.1 Å². The summed E-state index contributed by atoms with van der Waals surface area (Å²) in [5.41, 5.74) is 0.998. The third-order valence-electron chi connectivity index (χ3n) is 2.38. The van der Waals surface area contributed by atoms with E-state index in [-0.39, 0.29) is 11.5 Å². The molecule has 0 atom stereocenters. The van der Waals surface area contributed by atoms with Crippen molar-refractivity contribution < 1.29 is 25.7 Å². The number of nitro groups is 1. The van der Waals surface area contributed by atoms with Gasteiger partial charge in [-0.25, -0.2) is 0 Å². The number of hydrogen-bond donors (Lipinski definition) is 3. The van der Waals surface area contributed by atoms with Gasteiger partial charge in [0, 0.05) is 23.3 Å². The van der Waals surface area contributed by atoms with Gasteiger partial charge in [0.2, 0.25) is 0 Å². The van der Waals surface area contributed by atoms with Gasteiger partial charge in [-0.3, -0.25) is 14.9 Å². The van der Waals surface area contributed by atoms with E-state index in [2.05, 4.69) is 0 Å². The van der Waals surface area contributed by atoms with Gasteiger partial charge in [-0.2, -0.15) is 0 Å². The summed E-state index contributed by atoms with van der Waals surface area (Å²) in [6, 6.07) is 14.4. The Bertz CT molecular complexity index is 686. The van der Waals surface area contributed by atoms with Crippen molar-refractivity contribution in [3.8, 4) is 0 Å². The zero-order valence-electron chi connectivity index (χ0n) is 11.1. The fraction of sp³-hybridized carbons (Fsp3) is 0. The van der Waals surface area contributed by atoms with Gasteiger partial charge in [-0.1, -0.05) is 30.3 Å². The van der Waals surface area contributed by atoms with E-state index >= 15 is 0 Å². The van der Waals surface area contributed by atoms with Gasteiger partial charge in [0.15, 0.2) is 5.78 Å². The van der Waals surface area contributed by atoms with Gasteiger partial charge in [0.05, 0.1) is 4.92 Å². The van der Waals surface area contributed by atoms with Crippen molar-refractivity contribution >= 4 is 26.0 Å². The molecule has 0 bridgehead atoms. The average molecular weight is 369 g/mol. The van der Waals surface area contributed by atoms with Crippen molar-refractivity contribution in [1.29, 1.82) is 0 Å². The van der Waals surface area contributed by atoms with Crippen LogP contribution in [0.4, 0.5) is 5.69 Å². The molecule has 0 radical (unpaired) electrons. The molecule has 2 aromatic carbocycles. The predicted molar refractivity (Wildman–Crippen MR) is 76.1 cm³/mol. The Balaban J connectivity index is 0.000000422. The fourth-order valence-corrected chi connectivity index (χ4v) is 1.49. The molecule has 0 spiro atoms. The molecule has 22 heavy (non-hydrogen) atoms. The number of carbonyl (C=O) groups is 1. The number of ketones is 1. The molecule has 3 N–H and O–H groups in total. The van der Waals surface area contributed by atoms with E-state index in [1.165, 1.54) is 24.3 Å². The zero-order chi connectivity index (χ0) is 16.8. The molecule has 0 saturated heterocycles. The average Bonchev–Trinajstić information content (AvgIpc) is 2.46. The van der Waals surface area contributed by atoms with E-state index < -0.39 is 19.4 Å². The minimum atomic E-state index is -5.12. The van der Waals surface area contributed by atoms with E-state index in [0.717, 1.165) is 0 Å². The second-order valence-corrected chi connectivity index (χ2v) is 6.17. The van der Waals surface area contributed by atoms with Crippen molar-refractivity contribution in [2.75, 3.05) is 0 Å². The molecule has 0 heterocycles. The molecule has 0 aromatic heterocycles. The molecule has 0 fully saturated rings. The molecule has 0 saturated carbocycles. The van der Waals surface area contributed by atoms with Crippen LogP contribution in [-0.2, 0) is 3.74 Å². The molecule has 9 heteroatoms. The van der Waals surface area contributed by atoms with Crippen LogP contribution in [0.3, 0.4) is 0 Å². The molecule has 0 unspecified atom stereocenters. The predicted octanol–water partition coefficient (Wildman–Crippen LogP) is 0.655. The number of benzene rings is 2. The Morgan fingerprint density at radius 2 is 1.32 bits per heavy atom. The summed E-state index contributed by atoms with van der Waals surface area (Å²) in [5, 5.41) is 10.5. The first-order valence-electron chi connectivity index (χ1n) is 5.81. The number of nitrogens with zero attached hydrogens (tertiary/aromatic N) is 1. The van der Waals surface area contributed by atoms with Gasteiger partial charge < -0.3 is 0 Å². The van der Waals surface area contributed by atoms with Crippen molar-refractivity contribution in [2.24, 2.45) is 0 Å². The maximum absolute atomic E-state index is 12.0. The molecular formula is C13H12AsNO7. The minimum absolute atomic E-state index is 0.0189. The summed E-state index contributed by atoms with van der Waals surface area (Å²) >= 11 is -5.12. The molecule has 2 rings (SSSR count). The Morgan fingerprint density at radius 1 is 0.909 bits per heavy atom. The van der Waals surface area contributed by atoms with Gasteiger partial charge >= 0.3 is 30.5 Å². The monoisotopic (exact) mass is 369 g/mol. The fourth-order valence-electron chi connectivity index (χ4n) is 1.49. The van der Waals surface area contributed by atoms with Gasteiger partial charge in [-0.15, -0.1) is 0 Å². The summed E-state index contributed by atoms with van der Waals surface area (Å²) in [5.74, 6) is -0.138. The topological polar surface area (TPSA) is 138 Å². The summed E-state index contributed by atoms with van der Waals surface area (Å²) in [6.45, 7) is 0. The van der Waals surface area contributed by atoms with Crippen LogP contribution in [-0.4, -0.2) is 37.5 Å². The second-order valence-electron chi connectivity index (χ2n) is 4.01. The quantitative estimate of drug-likeness (QED) is 0.313. The SMILES string of the molecule is O=C(c1ccccc1)c1ccc([N+](=O)[O-])cc1.O=[As](O)(O)O. The molecule has 0 aliphatic rings. The standard InChI is InChI=1S/C13H9NO3.AsH3O4/c15-13(10-4-2-1-3-5-10)11-6-8-12(9-7-11)14(16)17;2-1(3,4)5/h1-9H;(H3,2,3,4,5). The van der Waals surface area contributed by atoms with Crippen molar-refractivity contribution in [3.05, 3.63) is 75.8 Å². The summed E-state index contributed by atoms with van der Waals surface area (Å²) in [7, 11) is 0. The molecule has 8 nitrogen and oxygen atoms in total. The first-order valence-corrected chi connectivity index (χ1v) is 9.09. The molecule has 116 valence electrons. The summed E-state index contributed by atoms with van der Waals surface area (Å²) < 4.78 is 30.7. The van der Waals surface area contributed by atoms with Crippen LogP contribution in [0.1, 0.15) is 15.9 Å². The molecular weight excluding hydrogens is 357 g/mol. The van der Waals surface area contributed by atoms with E-state index in [9.17, 15) is 14.9 Å². The Labute approximate surface area is 128 Å². The Kier molecular flexibility index (Phi) is 6.21. The normalized spacial score (nSPS) is 10.3. The van der Waals surface area contributed by atoms with Crippen molar-refractivity contribution in [1.82, 2.24) is 0 Å². The third-order valence-corrected chi connectivity index (χ3v) is 2.38. The van der Waals surface area contributed by atoms with Gasteiger partial charge in [0.1, 0.15) is 0 Å². The van der Waals surface area contributed by atoms with Crippen molar-refractivity contribution in [2.45, 2.75) is 0 Å². The van der Waals surface area contributed by atoms with Crippen LogP contribution in [0.2, 0.25) is 0 Å². The van der Waals surface area contributed by atoms with E-state index in [0.29, 0.717) is 11.1 Å². The zero-order valence-corrected chi connectivity index (χ0v) is 12.9. The molecule has 0 aliphatic carbocycles. The van der Waals surface area contributed by atoms with Crippen LogP contribution < -0.4 is 0 Å². The Hall–Kier alpha value is -2.25. The second kappa shape index (κ2) is 7.67. The first-order chi connectivity index (χ1) is 10.2. The number of hydrogen-bond acceptors (Lipinski definition) is 4. The van der Waals surface area contributed by atoms with Gasteiger partial charge in [-0.05, 0) is 12.1 Å². The van der Waals surface area contributed by atoms with Crippen molar-refractivity contribution in [3.63, 3.8) is 0 Å². The summed E-state index contributed by atoms with van der Waals surface area (Å²) in [4.78, 5) is 21.9. The number of nitro benzene ring substituents is 1.